The molecule has 1 N–H and O–H groups in total. The van der Waals surface area contributed by atoms with Crippen LogP contribution >= 0.6 is 0 Å². The van der Waals surface area contributed by atoms with Crippen LogP contribution in [-0.4, -0.2) is 37.0 Å². The fraction of sp³-hybridized carbons (Fsp3) is 0.923. The van der Waals surface area contributed by atoms with E-state index in [2.05, 4.69) is 38.0 Å². The van der Waals surface area contributed by atoms with E-state index in [-0.39, 0.29) is 17.9 Å². The molecule has 0 saturated heterocycles. The third-order valence-electron chi connectivity index (χ3n) is 2.77. The van der Waals surface area contributed by atoms with Crippen molar-refractivity contribution in [3.63, 3.8) is 0 Å². The van der Waals surface area contributed by atoms with Gasteiger partial charge in [0.15, 0.2) is 0 Å². The number of hydrogen-bond donors (Lipinski definition) is 1. The van der Waals surface area contributed by atoms with E-state index in [4.69, 9.17) is 0 Å². The molecule has 0 aliphatic heterocycles. The molecule has 0 spiro atoms. The summed E-state index contributed by atoms with van der Waals surface area (Å²) in [6.07, 6.45) is 1.15. The number of carbonyl (C=O) groups is 1. The summed E-state index contributed by atoms with van der Waals surface area (Å²) in [5.74, 6) is 0.698. The number of likely N-dealkylation sites (N-methyl/N-ethyl adjacent to an activating group) is 1. The first kappa shape index (κ1) is 15.4. The summed E-state index contributed by atoms with van der Waals surface area (Å²) in [4.78, 5) is 14.0. The van der Waals surface area contributed by atoms with Crippen molar-refractivity contribution >= 4 is 5.91 Å². The van der Waals surface area contributed by atoms with Crippen LogP contribution in [0.5, 0.6) is 0 Å². The number of carbonyl (C=O) groups excluding carboxylic acids is 1. The van der Waals surface area contributed by atoms with Gasteiger partial charge in [0.05, 0.1) is 0 Å². The Morgan fingerprint density at radius 1 is 1.25 bits per heavy atom. The zero-order valence-electron chi connectivity index (χ0n) is 11.7. The molecular weight excluding hydrogens is 200 g/mol. The Labute approximate surface area is 101 Å². The molecular formula is C13H28N2O. The van der Waals surface area contributed by atoms with E-state index in [1.807, 2.05) is 13.8 Å². The molecule has 3 nitrogen and oxygen atoms in total. The molecule has 0 aromatic carbocycles. The maximum atomic E-state index is 11.7. The zero-order valence-corrected chi connectivity index (χ0v) is 11.7. The average molecular weight is 228 g/mol. The highest BCUT2D eigenvalue weighted by atomic mass is 16.1. The SMILES string of the molecule is CCCN(C)C[C@H](NC(=O)C(C)C)C(C)C. The van der Waals surface area contributed by atoms with E-state index in [1.54, 1.807) is 0 Å². The zero-order chi connectivity index (χ0) is 12.7. The van der Waals surface area contributed by atoms with Gasteiger partial charge in [-0.1, -0.05) is 34.6 Å². The Balaban J connectivity index is 4.22. The number of rotatable bonds is 7. The lowest BCUT2D eigenvalue weighted by Crippen LogP contribution is -2.47. The predicted molar refractivity (Wildman–Crippen MR) is 69.4 cm³/mol. The first-order valence-electron chi connectivity index (χ1n) is 6.37. The van der Waals surface area contributed by atoms with Crippen LogP contribution in [0, 0.1) is 11.8 Å². The van der Waals surface area contributed by atoms with Gasteiger partial charge in [-0.25, -0.2) is 0 Å². The van der Waals surface area contributed by atoms with Gasteiger partial charge in [-0.15, -0.1) is 0 Å². The Hall–Kier alpha value is -0.570. The molecule has 1 amide bonds. The largest absolute Gasteiger partial charge is 0.352 e. The van der Waals surface area contributed by atoms with Gasteiger partial charge < -0.3 is 10.2 Å². The summed E-state index contributed by atoms with van der Waals surface area (Å²) in [6.45, 7) is 12.4. The van der Waals surface area contributed by atoms with Crippen LogP contribution in [0.15, 0.2) is 0 Å². The molecule has 1 atom stereocenters. The smallest absolute Gasteiger partial charge is 0.222 e. The second kappa shape index (κ2) is 7.66. The molecule has 0 fully saturated rings. The maximum absolute atomic E-state index is 11.7. The van der Waals surface area contributed by atoms with Crippen LogP contribution in [0.25, 0.3) is 0 Å². The topological polar surface area (TPSA) is 32.3 Å². The lowest BCUT2D eigenvalue weighted by Gasteiger charge is -2.28. The summed E-state index contributed by atoms with van der Waals surface area (Å²) >= 11 is 0. The fourth-order valence-corrected chi connectivity index (χ4v) is 1.58. The third kappa shape index (κ3) is 6.11. The molecule has 0 aromatic heterocycles. The van der Waals surface area contributed by atoms with Crippen molar-refractivity contribution in [3.8, 4) is 0 Å². The van der Waals surface area contributed by atoms with Crippen molar-refractivity contribution in [2.24, 2.45) is 11.8 Å². The van der Waals surface area contributed by atoms with Crippen LogP contribution in [0.3, 0.4) is 0 Å². The van der Waals surface area contributed by atoms with Crippen LogP contribution in [0.1, 0.15) is 41.0 Å². The van der Waals surface area contributed by atoms with Gasteiger partial charge in [0, 0.05) is 18.5 Å². The monoisotopic (exact) mass is 228 g/mol. The average Bonchev–Trinajstić information content (AvgIpc) is 2.16. The van der Waals surface area contributed by atoms with E-state index >= 15 is 0 Å². The van der Waals surface area contributed by atoms with Crippen LogP contribution in [-0.2, 0) is 4.79 Å². The van der Waals surface area contributed by atoms with Gasteiger partial charge in [-0.3, -0.25) is 4.79 Å². The quantitative estimate of drug-likeness (QED) is 0.724. The number of nitrogens with one attached hydrogen (secondary N) is 1. The Bertz CT molecular complexity index is 202. The molecule has 0 saturated carbocycles. The molecule has 96 valence electrons. The van der Waals surface area contributed by atoms with Crippen LogP contribution in [0.2, 0.25) is 0 Å². The maximum Gasteiger partial charge on any atom is 0.222 e. The minimum atomic E-state index is 0.0673. The lowest BCUT2D eigenvalue weighted by atomic mass is 10.0. The first-order valence-corrected chi connectivity index (χ1v) is 6.37. The highest BCUT2D eigenvalue weighted by molar-refractivity contribution is 5.78. The molecule has 3 heteroatoms. The summed E-state index contributed by atoms with van der Waals surface area (Å²) < 4.78 is 0. The first-order chi connectivity index (χ1) is 7.38. The molecule has 0 rings (SSSR count). The van der Waals surface area contributed by atoms with Crippen molar-refractivity contribution in [2.45, 2.75) is 47.1 Å². The summed E-state index contributed by atoms with van der Waals surface area (Å²) in [7, 11) is 2.11. The summed E-state index contributed by atoms with van der Waals surface area (Å²) in [5, 5.41) is 3.12. The van der Waals surface area contributed by atoms with E-state index in [9.17, 15) is 4.79 Å². The molecule has 0 aliphatic rings. The van der Waals surface area contributed by atoms with E-state index in [0.29, 0.717) is 5.92 Å². The van der Waals surface area contributed by atoms with Crippen molar-refractivity contribution < 1.29 is 4.79 Å². The molecule has 0 radical (unpaired) electrons. The van der Waals surface area contributed by atoms with Crippen molar-refractivity contribution in [2.75, 3.05) is 20.1 Å². The molecule has 0 heterocycles. The molecule has 0 bridgehead atoms. The van der Waals surface area contributed by atoms with Crippen LogP contribution in [0.4, 0.5) is 0 Å². The van der Waals surface area contributed by atoms with Gasteiger partial charge in [-0.2, -0.15) is 0 Å². The molecule has 0 unspecified atom stereocenters. The standard InChI is InChI=1S/C13H28N2O/c1-7-8-15(6)9-12(10(2)3)14-13(16)11(4)5/h10-12H,7-9H2,1-6H3,(H,14,16)/t12-/m0/s1. The van der Waals surface area contributed by atoms with Gasteiger partial charge in [-0.05, 0) is 25.9 Å². The molecule has 0 aliphatic carbocycles. The van der Waals surface area contributed by atoms with Gasteiger partial charge in [0.1, 0.15) is 0 Å². The normalized spacial score (nSPS) is 13.6. The number of amides is 1. The second-order valence-electron chi connectivity index (χ2n) is 5.28. The van der Waals surface area contributed by atoms with Gasteiger partial charge in [0.25, 0.3) is 0 Å². The minimum Gasteiger partial charge on any atom is -0.352 e. The fourth-order valence-electron chi connectivity index (χ4n) is 1.58. The van der Waals surface area contributed by atoms with E-state index in [0.717, 1.165) is 19.5 Å². The Morgan fingerprint density at radius 3 is 2.19 bits per heavy atom. The number of nitrogens with zero attached hydrogens (tertiary/aromatic N) is 1. The predicted octanol–water partition coefficient (Wildman–Crippen LogP) is 2.12. The van der Waals surface area contributed by atoms with Crippen molar-refractivity contribution in [1.29, 1.82) is 0 Å². The summed E-state index contributed by atoms with van der Waals surface area (Å²) in [6, 6.07) is 0.256. The van der Waals surface area contributed by atoms with Gasteiger partial charge in [0.2, 0.25) is 5.91 Å². The van der Waals surface area contributed by atoms with Crippen molar-refractivity contribution in [3.05, 3.63) is 0 Å². The van der Waals surface area contributed by atoms with Crippen LogP contribution < -0.4 is 5.32 Å². The van der Waals surface area contributed by atoms with Crippen molar-refractivity contribution in [1.82, 2.24) is 10.2 Å². The second-order valence-corrected chi connectivity index (χ2v) is 5.28. The summed E-state index contributed by atoms with van der Waals surface area (Å²) in [5.41, 5.74) is 0. The molecule has 16 heavy (non-hydrogen) atoms. The van der Waals surface area contributed by atoms with Gasteiger partial charge >= 0.3 is 0 Å². The number of hydrogen-bond acceptors (Lipinski definition) is 2. The Morgan fingerprint density at radius 2 is 1.81 bits per heavy atom. The van der Waals surface area contributed by atoms with E-state index < -0.39 is 0 Å². The lowest BCUT2D eigenvalue weighted by molar-refractivity contribution is -0.125. The Kier molecular flexibility index (Phi) is 7.39. The third-order valence-corrected chi connectivity index (χ3v) is 2.77. The molecule has 0 aromatic rings. The highest BCUT2D eigenvalue weighted by Crippen LogP contribution is 2.05. The minimum absolute atomic E-state index is 0.0673. The highest BCUT2D eigenvalue weighted by Gasteiger charge is 2.19. The van der Waals surface area contributed by atoms with E-state index in [1.165, 1.54) is 0 Å².